The molecule has 0 radical (unpaired) electrons. The van der Waals surface area contributed by atoms with Gasteiger partial charge in [0.25, 0.3) is 0 Å². The van der Waals surface area contributed by atoms with Crippen LogP contribution in [0.15, 0.2) is 42.6 Å². The van der Waals surface area contributed by atoms with Crippen LogP contribution in [0.25, 0.3) is 11.2 Å². The van der Waals surface area contributed by atoms with E-state index < -0.39 is 23.1 Å². The first-order valence-corrected chi connectivity index (χ1v) is 10.2. The smallest absolute Gasteiger partial charge is 0.229 e. The number of imidazole rings is 1. The summed E-state index contributed by atoms with van der Waals surface area (Å²) in [5.41, 5.74) is 1.13. The predicted molar refractivity (Wildman–Crippen MR) is 116 cm³/mol. The van der Waals surface area contributed by atoms with E-state index in [-0.39, 0.29) is 12.0 Å². The van der Waals surface area contributed by atoms with Gasteiger partial charge in [0, 0.05) is 24.4 Å². The number of halogens is 3. The highest BCUT2D eigenvalue weighted by atomic mass is 19.1. The van der Waals surface area contributed by atoms with Gasteiger partial charge in [0.05, 0.1) is 26.0 Å². The molecule has 5 rings (SSSR count). The van der Waals surface area contributed by atoms with E-state index in [0.29, 0.717) is 54.6 Å². The van der Waals surface area contributed by atoms with E-state index >= 15 is 0 Å². The molecule has 170 valence electrons. The van der Waals surface area contributed by atoms with E-state index in [1.807, 2.05) is 12.1 Å². The molecule has 0 saturated carbocycles. The van der Waals surface area contributed by atoms with Crippen molar-refractivity contribution < 1.29 is 22.6 Å². The number of methoxy groups -OCH3 is 1. The number of benzene rings is 2. The van der Waals surface area contributed by atoms with Gasteiger partial charge in [0.1, 0.15) is 22.8 Å². The third-order valence-electron chi connectivity index (χ3n) is 5.29. The third-order valence-corrected chi connectivity index (χ3v) is 5.29. The molecule has 8 nitrogen and oxygen atoms in total. The van der Waals surface area contributed by atoms with E-state index in [0.717, 1.165) is 5.69 Å². The van der Waals surface area contributed by atoms with Gasteiger partial charge < -0.3 is 20.1 Å². The fourth-order valence-electron chi connectivity index (χ4n) is 3.69. The molecule has 11 heteroatoms. The minimum atomic E-state index is -1.07. The van der Waals surface area contributed by atoms with Gasteiger partial charge in [-0.15, -0.1) is 0 Å². The van der Waals surface area contributed by atoms with E-state index in [1.54, 1.807) is 23.8 Å². The lowest BCUT2D eigenvalue weighted by atomic mass is 10.2. The number of nitrogens with zero attached hydrogens (tertiary/aromatic N) is 4. The maximum Gasteiger partial charge on any atom is 0.229 e. The molecule has 0 spiro atoms. The van der Waals surface area contributed by atoms with Crippen LogP contribution in [0.1, 0.15) is 12.5 Å². The van der Waals surface area contributed by atoms with Gasteiger partial charge in [-0.1, -0.05) is 0 Å². The highest BCUT2D eigenvalue weighted by molar-refractivity contribution is 5.77. The summed E-state index contributed by atoms with van der Waals surface area (Å²) in [5.74, 6) is -1.96. The Morgan fingerprint density at radius 2 is 1.82 bits per heavy atom. The standard InChI is InChI=1S/C22H19F3N6O2/c1-32-15-4-2-13(3-5-15)27-21-26-10-18-20(30-21)31(14-6-7-33-11-14)22(28-18)29-19-16(24)8-12(23)9-17(19)25/h2-5,8-10,14H,6-7,11H2,1H3,(H,28,29)(H,26,27,30). The average molecular weight is 456 g/mol. The summed E-state index contributed by atoms with van der Waals surface area (Å²) in [5, 5.41) is 5.78. The summed E-state index contributed by atoms with van der Waals surface area (Å²) in [6.45, 7) is 0.921. The number of aromatic nitrogens is 4. The molecule has 33 heavy (non-hydrogen) atoms. The van der Waals surface area contributed by atoms with Gasteiger partial charge in [-0.05, 0) is 30.7 Å². The molecule has 0 aliphatic carbocycles. The average Bonchev–Trinajstić information content (AvgIpc) is 3.44. The van der Waals surface area contributed by atoms with Crippen LogP contribution < -0.4 is 15.4 Å². The third kappa shape index (κ3) is 4.14. The lowest BCUT2D eigenvalue weighted by molar-refractivity contribution is 0.187. The van der Waals surface area contributed by atoms with Crippen molar-refractivity contribution in [3.05, 3.63) is 60.0 Å². The van der Waals surface area contributed by atoms with Crippen molar-refractivity contribution in [2.75, 3.05) is 31.0 Å². The minimum absolute atomic E-state index is 0.154. The van der Waals surface area contributed by atoms with Crippen molar-refractivity contribution in [2.24, 2.45) is 0 Å². The largest absolute Gasteiger partial charge is 0.497 e. The van der Waals surface area contributed by atoms with Gasteiger partial charge in [-0.3, -0.25) is 4.57 Å². The van der Waals surface area contributed by atoms with E-state index in [2.05, 4.69) is 25.6 Å². The molecule has 1 aliphatic rings. The summed E-state index contributed by atoms with van der Waals surface area (Å²) in [6, 6.07) is 8.29. The van der Waals surface area contributed by atoms with Crippen molar-refractivity contribution in [2.45, 2.75) is 12.5 Å². The fourth-order valence-corrected chi connectivity index (χ4v) is 3.69. The number of nitrogens with one attached hydrogen (secondary N) is 2. The monoisotopic (exact) mass is 456 g/mol. The van der Waals surface area contributed by atoms with Gasteiger partial charge >= 0.3 is 0 Å². The first-order valence-electron chi connectivity index (χ1n) is 10.2. The lowest BCUT2D eigenvalue weighted by Crippen LogP contribution is -2.13. The number of fused-ring (bicyclic) bond motifs is 1. The molecule has 3 heterocycles. The molecule has 1 saturated heterocycles. The summed E-state index contributed by atoms with van der Waals surface area (Å²) in [4.78, 5) is 13.3. The van der Waals surface area contributed by atoms with E-state index in [1.165, 1.54) is 6.20 Å². The van der Waals surface area contributed by atoms with Crippen molar-refractivity contribution in [1.82, 2.24) is 19.5 Å². The summed E-state index contributed by atoms with van der Waals surface area (Å²) < 4.78 is 54.3. The number of hydrogen-bond donors (Lipinski definition) is 2. The Balaban J connectivity index is 1.54. The Hall–Kier alpha value is -3.86. The molecule has 1 atom stereocenters. The zero-order valence-electron chi connectivity index (χ0n) is 17.5. The van der Waals surface area contributed by atoms with E-state index in [9.17, 15) is 13.2 Å². The van der Waals surface area contributed by atoms with Crippen LogP contribution in [0, 0.1) is 17.5 Å². The Bertz CT molecular complexity index is 1280. The number of ether oxygens (including phenoxy) is 2. The van der Waals surface area contributed by atoms with Crippen LogP contribution >= 0.6 is 0 Å². The maximum absolute atomic E-state index is 14.3. The molecule has 2 N–H and O–H groups in total. The van der Waals surface area contributed by atoms with Crippen molar-refractivity contribution in [3.63, 3.8) is 0 Å². The first kappa shape index (κ1) is 21.0. The molecule has 1 aliphatic heterocycles. The van der Waals surface area contributed by atoms with Crippen LogP contribution in [0.4, 0.5) is 36.4 Å². The molecule has 0 amide bonds. The second kappa shape index (κ2) is 8.58. The second-order valence-electron chi connectivity index (χ2n) is 7.45. The van der Waals surface area contributed by atoms with Crippen molar-refractivity contribution in [1.29, 1.82) is 0 Å². The van der Waals surface area contributed by atoms with Crippen LogP contribution in [0.2, 0.25) is 0 Å². The predicted octanol–water partition coefficient (Wildman–Crippen LogP) is 4.70. The van der Waals surface area contributed by atoms with Crippen molar-refractivity contribution >= 4 is 34.4 Å². The molecule has 2 aromatic heterocycles. The Morgan fingerprint density at radius 3 is 2.48 bits per heavy atom. The summed E-state index contributed by atoms with van der Waals surface area (Å²) >= 11 is 0. The minimum Gasteiger partial charge on any atom is -0.497 e. The number of rotatable bonds is 6. The summed E-state index contributed by atoms with van der Waals surface area (Å²) in [7, 11) is 1.59. The van der Waals surface area contributed by atoms with Gasteiger partial charge in [-0.25, -0.2) is 23.1 Å². The highest BCUT2D eigenvalue weighted by Gasteiger charge is 2.26. The van der Waals surface area contributed by atoms with Crippen LogP contribution in [0.5, 0.6) is 5.75 Å². The molecular weight excluding hydrogens is 437 g/mol. The quantitative estimate of drug-likeness (QED) is 0.435. The molecule has 1 fully saturated rings. The van der Waals surface area contributed by atoms with Crippen LogP contribution in [-0.2, 0) is 4.74 Å². The molecule has 2 aromatic carbocycles. The topological polar surface area (TPSA) is 86.1 Å². The molecular formula is C22H19F3N6O2. The lowest BCUT2D eigenvalue weighted by Gasteiger charge is -2.16. The highest BCUT2D eigenvalue weighted by Crippen LogP contribution is 2.32. The molecule has 4 aromatic rings. The number of anilines is 4. The first-order chi connectivity index (χ1) is 16.0. The van der Waals surface area contributed by atoms with Crippen molar-refractivity contribution in [3.8, 4) is 5.75 Å². The maximum atomic E-state index is 14.3. The van der Waals surface area contributed by atoms with Gasteiger partial charge in [-0.2, -0.15) is 4.98 Å². The zero-order valence-corrected chi connectivity index (χ0v) is 17.5. The normalized spacial score (nSPS) is 15.7. The molecule has 1 unspecified atom stereocenters. The van der Waals surface area contributed by atoms with E-state index in [4.69, 9.17) is 9.47 Å². The fraction of sp³-hybridized carbons (Fsp3) is 0.227. The Labute approximate surface area is 186 Å². The second-order valence-corrected chi connectivity index (χ2v) is 7.45. The Morgan fingerprint density at radius 1 is 1.06 bits per heavy atom. The molecule has 0 bridgehead atoms. The van der Waals surface area contributed by atoms with Gasteiger partial charge in [0.2, 0.25) is 11.9 Å². The van der Waals surface area contributed by atoms with Crippen LogP contribution in [0.3, 0.4) is 0 Å². The van der Waals surface area contributed by atoms with Crippen LogP contribution in [-0.4, -0.2) is 39.8 Å². The summed E-state index contributed by atoms with van der Waals surface area (Å²) in [6.07, 6.45) is 2.18. The zero-order chi connectivity index (χ0) is 22.9. The Kier molecular flexibility index (Phi) is 5.47. The van der Waals surface area contributed by atoms with Gasteiger partial charge in [0.15, 0.2) is 17.3 Å². The number of hydrogen-bond acceptors (Lipinski definition) is 7. The SMILES string of the molecule is COc1ccc(Nc2ncc3nc(Nc4c(F)cc(F)cc4F)n(C4CCOC4)c3n2)cc1.